The Morgan fingerprint density at radius 1 is 0.267 bits per heavy atom. The zero-order chi connectivity index (χ0) is 23.2. The normalized spacial score (nSPS) is 30.6. The Labute approximate surface area is 162 Å². The first-order chi connectivity index (χ1) is 13.8. The van der Waals surface area contributed by atoms with Crippen molar-refractivity contribution in [3.8, 4) is 0 Å². The Hall–Kier alpha value is -0.960. The average molecular weight is 462 g/mol. The molecule has 0 unspecified atom stereocenters. The second kappa shape index (κ2) is 12.2. The molecule has 1 aliphatic rings. The molecule has 1 saturated carbocycles. The van der Waals surface area contributed by atoms with E-state index in [1.54, 1.807) is 0 Å². The van der Waals surface area contributed by atoms with Crippen LogP contribution >= 0.6 is 0 Å². The smallest absolute Gasteiger partial charge is 0.146 e. The molecule has 1 fully saturated rings. The number of nitrogens with zero attached hydrogens (tertiary/aromatic N) is 6. The lowest BCUT2D eigenvalue weighted by atomic mass is 9.84. The fraction of sp³-hybridized carbons (Fsp3) is 1.00. The number of rotatable bonds is 12. The maximum Gasteiger partial charge on any atom is 0.146 e. The Morgan fingerprint density at radius 3 is 0.433 bits per heavy atom. The third kappa shape index (κ3) is 8.29. The first kappa shape index (κ1) is 27.1. The van der Waals surface area contributed by atoms with E-state index in [2.05, 4.69) is 29.0 Å². The van der Waals surface area contributed by atoms with E-state index in [9.17, 15) is 0 Å². The van der Waals surface area contributed by atoms with E-state index >= 15 is 0 Å². The molecular formula is C6H18N6O18. The largest absolute Gasteiger partial charge is 0.266 e. The van der Waals surface area contributed by atoms with E-state index in [1.807, 2.05) is 0 Å². The summed E-state index contributed by atoms with van der Waals surface area (Å²) in [5.41, 5.74) is 0. The maximum atomic E-state index is 8.91. The van der Waals surface area contributed by atoms with Crippen LogP contribution in [0.1, 0.15) is 0 Å². The molecule has 1 aliphatic carbocycles. The lowest BCUT2D eigenvalue weighted by molar-refractivity contribution is -0.609. The van der Waals surface area contributed by atoms with Gasteiger partial charge in [0.25, 0.3) is 0 Å². The molecule has 1 rings (SSSR count). The van der Waals surface area contributed by atoms with Gasteiger partial charge in [0.15, 0.2) is 0 Å². The van der Waals surface area contributed by atoms with Gasteiger partial charge in [-0.2, -0.15) is 0 Å². The summed E-state index contributed by atoms with van der Waals surface area (Å²) in [6.45, 7) is 0. The van der Waals surface area contributed by atoms with Crippen molar-refractivity contribution >= 4 is 0 Å². The zero-order valence-electron chi connectivity index (χ0n) is 14.0. The Kier molecular flexibility index (Phi) is 11.0. The molecule has 0 bridgehead atoms. The van der Waals surface area contributed by atoms with Gasteiger partial charge in [-0.05, 0) is 0 Å². The second-order valence-corrected chi connectivity index (χ2v) is 4.94. The highest BCUT2D eigenvalue weighted by Crippen LogP contribution is 2.34. The number of hydrogen-bond acceptors (Lipinski definition) is 24. The van der Waals surface area contributed by atoms with Gasteiger partial charge in [-0.15, -0.1) is 0 Å². The van der Waals surface area contributed by atoms with Crippen molar-refractivity contribution in [3.05, 3.63) is 0 Å². The standard InChI is InChI=1S/C6H18N6O18/c13-7(14)25-1-2(26-8(15)16)4(28-10(19)20)6(30-12(23)24)5(29-11(21)22)3(1)27-9(17)18/h1-6,13-24H. The van der Waals surface area contributed by atoms with E-state index in [0.717, 1.165) is 0 Å². The van der Waals surface area contributed by atoms with Gasteiger partial charge in [0.05, 0.1) is 32.3 Å². The highest BCUT2D eigenvalue weighted by molar-refractivity contribution is 5.02. The molecule has 0 spiro atoms. The Bertz CT molecular complexity index is 362. The highest BCUT2D eigenvalue weighted by Gasteiger charge is 2.60. The molecule has 0 aromatic carbocycles. The predicted molar refractivity (Wildman–Crippen MR) is 61.7 cm³/mol. The van der Waals surface area contributed by atoms with E-state index in [1.165, 1.54) is 0 Å². The SMILES string of the molecule is ON(O)OC1C(ON(O)O)C(ON(O)O)C(ON(O)O)C(ON(O)O)C1ON(O)O. The van der Waals surface area contributed by atoms with E-state index in [0.29, 0.717) is 0 Å². The molecule has 30 heavy (non-hydrogen) atoms. The van der Waals surface area contributed by atoms with Crippen molar-refractivity contribution in [1.29, 1.82) is 0 Å². The van der Waals surface area contributed by atoms with Gasteiger partial charge in [-0.1, -0.05) is 0 Å². The molecule has 0 heterocycles. The molecule has 0 aromatic heterocycles. The summed E-state index contributed by atoms with van der Waals surface area (Å²) < 4.78 is 0. The Balaban J connectivity index is 3.55. The molecule has 0 saturated heterocycles. The molecule has 24 nitrogen and oxygen atoms in total. The van der Waals surface area contributed by atoms with Crippen LogP contribution in [0.5, 0.6) is 0 Å². The topological polar surface area (TPSA) is 318 Å². The molecule has 180 valence electrons. The van der Waals surface area contributed by atoms with Crippen molar-refractivity contribution in [2.45, 2.75) is 36.6 Å². The summed E-state index contributed by atoms with van der Waals surface area (Å²) in [6, 6.07) is 0. The van der Waals surface area contributed by atoms with Crippen molar-refractivity contribution in [3.63, 3.8) is 0 Å². The van der Waals surface area contributed by atoms with Crippen LogP contribution in [0.4, 0.5) is 0 Å². The molecular weight excluding hydrogens is 444 g/mol. The average Bonchev–Trinajstić information content (AvgIpc) is 2.55. The van der Waals surface area contributed by atoms with Crippen LogP contribution in [0.25, 0.3) is 0 Å². The van der Waals surface area contributed by atoms with Crippen molar-refractivity contribution in [2.24, 2.45) is 0 Å². The van der Waals surface area contributed by atoms with Crippen molar-refractivity contribution in [2.75, 3.05) is 0 Å². The zero-order valence-corrected chi connectivity index (χ0v) is 14.0. The highest BCUT2D eigenvalue weighted by atomic mass is 17.1. The van der Waals surface area contributed by atoms with Gasteiger partial charge in [0, 0.05) is 0 Å². The van der Waals surface area contributed by atoms with Crippen LogP contribution in [0, 0.1) is 0 Å². The maximum absolute atomic E-state index is 8.91. The molecule has 0 radical (unpaired) electrons. The van der Waals surface area contributed by atoms with E-state index in [4.69, 9.17) is 62.5 Å². The monoisotopic (exact) mass is 462 g/mol. The molecule has 24 heteroatoms. The first-order valence-corrected chi connectivity index (χ1v) is 6.91. The first-order valence-electron chi connectivity index (χ1n) is 6.91. The molecule has 0 aliphatic heterocycles. The third-order valence-electron chi connectivity index (χ3n) is 3.24. The van der Waals surface area contributed by atoms with Crippen LogP contribution in [-0.4, -0.2) is 131 Å². The van der Waals surface area contributed by atoms with Gasteiger partial charge in [0.2, 0.25) is 0 Å². The minimum Gasteiger partial charge on any atom is -0.266 e. The summed E-state index contributed by atoms with van der Waals surface area (Å²) in [5.74, 6) is 0. The van der Waals surface area contributed by atoms with Crippen LogP contribution < -0.4 is 0 Å². The minimum absolute atomic E-state index is 1.05. The van der Waals surface area contributed by atoms with Gasteiger partial charge in [-0.25, -0.2) is 29.0 Å². The summed E-state index contributed by atoms with van der Waals surface area (Å²) in [4.78, 5) is 26.2. The summed E-state index contributed by atoms with van der Waals surface area (Å²) in [6.07, 6.45) is -13.9. The number of hydrogen-bond donors (Lipinski definition) is 12. The molecule has 0 aromatic rings. The van der Waals surface area contributed by atoms with E-state index < -0.39 is 69.0 Å². The van der Waals surface area contributed by atoms with Gasteiger partial charge in [0.1, 0.15) is 36.6 Å². The lowest BCUT2D eigenvalue weighted by Crippen LogP contribution is -2.70. The molecule has 0 amide bonds. The van der Waals surface area contributed by atoms with Crippen LogP contribution in [0.3, 0.4) is 0 Å². The summed E-state index contributed by atoms with van der Waals surface area (Å²) in [5, 5.41) is 101. The fourth-order valence-electron chi connectivity index (χ4n) is 2.49. The predicted octanol–water partition coefficient (Wildman–Crippen LogP) is -3.72. The van der Waals surface area contributed by atoms with Crippen molar-refractivity contribution < 1.29 is 91.5 Å². The molecule has 12 N–H and O–H groups in total. The van der Waals surface area contributed by atoms with Gasteiger partial charge in [-0.3, -0.25) is 62.5 Å². The summed E-state index contributed by atoms with van der Waals surface area (Å²) in [7, 11) is 0. The summed E-state index contributed by atoms with van der Waals surface area (Å²) >= 11 is 0. The van der Waals surface area contributed by atoms with Gasteiger partial charge >= 0.3 is 0 Å². The van der Waals surface area contributed by atoms with E-state index in [-0.39, 0.29) is 0 Å². The lowest BCUT2D eigenvalue weighted by Gasteiger charge is -2.47. The van der Waals surface area contributed by atoms with Gasteiger partial charge < -0.3 is 0 Å². The van der Waals surface area contributed by atoms with Crippen LogP contribution in [0.15, 0.2) is 0 Å². The Morgan fingerprint density at radius 2 is 0.367 bits per heavy atom. The quantitative estimate of drug-likeness (QED) is 0.124. The third-order valence-corrected chi connectivity index (χ3v) is 3.24. The second-order valence-electron chi connectivity index (χ2n) is 4.94. The minimum atomic E-state index is -2.32. The van der Waals surface area contributed by atoms with Crippen LogP contribution in [0.2, 0.25) is 0 Å². The fourth-order valence-corrected chi connectivity index (χ4v) is 2.49. The molecule has 0 atom stereocenters. The van der Waals surface area contributed by atoms with Crippen molar-refractivity contribution in [1.82, 2.24) is 32.3 Å². The van der Waals surface area contributed by atoms with Crippen LogP contribution in [-0.2, 0) is 29.0 Å².